The van der Waals surface area contributed by atoms with Gasteiger partial charge in [0.2, 0.25) is 0 Å². The van der Waals surface area contributed by atoms with Gasteiger partial charge in [-0.25, -0.2) is 4.79 Å². The highest BCUT2D eigenvalue weighted by atomic mass is 79.9. The summed E-state index contributed by atoms with van der Waals surface area (Å²) in [5.74, 6) is 0.665. The number of likely N-dealkylation sites (tertiary alicyclic amines) is 1. The zero-order chi connectivity index (χ0) is 19.5. The van der Waals surface area contributed by atoms with Crippen molar-refractivity contribution in [2.45, 2.75) is 25.4 Å². The summed E-state index contributed by atoms with van der Waals surface area (Å²) in [6.45, 7) is 3.52. The van der Waals surface area contributed by atoms with E-state index in [1.54, 1.807) is 4.90 Å². The number of ether oxygens (including phenoxy) is 1. The number of hydrogen-bond acceptors (Lipinski definition) is 3. The van der Waals surface area contributed by atoms with Crippen molar-refractivity contribution in [3.63, 3.8) is 0 Å². The molecule has 28 heavy (non-hydrogen) atoms. The zero-order valence-electron chi connectivity index (χ0n) is 15.7. The maximum atomic E-state index is 12.2. The highest BCUT2D eigenvalue weighted by molar-refractivity contribution is 9.10. The van der Waals surface area contributed by atoms with Crippen molar-refractivity contribution in [1.82, 2.24) is 4.90 Å². The van der Waals surface area contributed by atoms with Gasteiger partial charge < -0.3 is 4.74 Å². The Labute approximate surface area is 179 Å². The molecule has 2 heterocycles. The molecule has 2 aromatic carbocycles. The molecule has 4 rings (SSSR count). The fraction of sp³-hybridized carbons (Fsp3) is 0.409. The molecule has 0 spiro atoms. The second kappa shape index (κ2) is 8.85. The summed E-state index contributed by atoms with van der Waals surface area (Å²) in [4.78, 5) is 16.4. The smallest absolute Gasteiger partial charge is 0.414 e. The molecule has 0 N–H and O–H groups in total. The largest absolute Gasteiger partial charge is 0.443 e. The van der Waals surface area contributed by atoms with Crippen molar-refractivity contribution in [2.24, 2.45) is 5.92 Å². The number of carbonyl (C=O) groups excluding carboxylic acids is 1. The van der Waals surface area contributed by atoms with E-state index in [9.17, 15) is 4.79 Å². The molecule has 2 aromatic rings. The number of piperidine rings is 1. The zero-order valence-corrected chi connectivity index (χ0v) is 18.0. The Bertz CT molecular complexity index is 825. The molecule has 1 amide bonds. The molecule has 0 aromatic heterocycles. The lowest BCUT2D eigenvalue weighted by Gasteiger charge is -2.33. The lowest BCUT2D eigenvalue weighted by Crippen LogP contribution is -2.40. The molecule has 148 valence electrons. The third kappa shape index (κ3) is 4.70. The Morgan fingerprint density at radius 2 is 1.86 bits per heavy atom. The standard InChI is InChI=1S/C22H24BrClN2O2/c23-21-7-6-18(24)13-17(21)12-16-8-10-25(11-9-16)14-20-15-26(22(27)28-20)19-4-2-1-3-5-19/h1-7,13,16,20H,8-12,14-15H2. The molecular formula is C22H24BrClN2O2. The summed E-state index contributed by atoms with van der Waals surface area (Å²) in [5.41, 5.74) is 2.19. The summed E-state index contributed by atoms with van der Waals surface area (Å²) < 4.78 is 6.74. The third-order valence-electron chi connectivity index (χ3n) is 5.63. The number of cyclic esters (lactones) is 1. The van der Waals surface area contributed by atoms with E-state index in [-0.39, 0.29) is 12.2 Å². The second-order valence-electron chi connectivity index (χ2n) is 7.64. The normalized spacial score (nSPS) is 21.1. The van der Waals surface area contributed by atoms with Gasteiger partial charge in [-0.05, 0) is 74.2 Å². The number of amides is 1. The first kappa shape index (κ1) is 19.7. The highest BCUT2D eigenvalue weighted by Crippen LogP contribution is 2.29. The van der Waals surface area contributed by atoms with Crippen molar-refractivity contribution >= 4 is 39.3 Å². The van der Waals surface area contributed by atoms with Crippen LogP contribution < -0.4 is 4.90 Å². The van der Waals surface area contributed by atoms with E-state index < -0.39 is 0 Å². The molecule has 2 aliphatic heterocycles. The van der Waals surface area contributed by atoms with Crippen LogP contribution in [0.2, 0.25) is 5.02 Å². The summed E-state index contributed by atoms with van der Waals surface area (Å²) in [6.07, 6.45) is 3.06. The van der Waals surface area contributed by atoms with Gasteiger partial charge in [0.25, 0.3) is 0 Å². The predicted molar refractivity (Wildman–Crippen MR) is 116 cm³/mol. The first-order chi connectivity index (χ1) is 13.6. The average Bonchev–Trinajstić information content (AvgIpc) is 3.07. The lowest BCUT2D eigenvalue weighted by molar-refractivity contribution is 0.0914. The van der Waals surface area contributed by atoms with Crippen LogP contribution >= 0.6 is 27.5 Å². The molecule has 2 aliphatic rings. The van der Waals surface area contributed by atoms with Crippen molar-refractivity contribution in [2.75, 3.05) is 31.1 Å². The SMILES string of the molecule is O=C1OC(CN2CCC(Cc3cc(Cl)ccc3Br)CC2)CN1c1ccccc1. The van der Waals surface area contributed by atoms with Gasteiger partial charge in [-0.15, -0.1) is 0 Å². The van der Waals surface area contributed by atoms with Gasteiger partial charge in [0.1, 0.15) is 6.10 Å². The lowest BCUT2D eigenvalue weighted by atomic mass is 9.90. The van der Waals surface area contributed by atoms with Gasteiger partial charge in [0, 0.05) is 21.7 Å². The molecule has 0 bridgehead atoms. The molecule has 0 radical (unpaired) electrons. The molecule has 1 atom stereocenters. The van der Waals surface area contributed by atoms with Gasteiger partial charge >= 0.3 is 6.09 Å². The minimum atomic E-state index is -0.239. The van der Waals surface area contributed by atoms with Crippen LogP contribution in [0.3, 0.4) is 0 Å². The first-order valence-electron chi connectivity index (χ1n) is 9.78. The van der Waals surface area contributed by atoms with Crippen LogP contribution in [0.5, 0.6) is 0 Å². The minimum Gasteiger partial charge on any atom is -0.443 e. The number of carbonyl (C=O) groups is 1. The molecule has 6 heteroatoms. The van der Waals surface area contributed by atoms with Crippen LogP contribution in [-0.4, -0.2) is 43.3 Å². The topological polar surface area (TPSA) is 32.8 Å². The molecule has 4 nitrogen and oxygen atoms in total. The van der Waals surface area contributed by atoms with Gasteiger partial charge in [-0.3, -0.25) is 9.80 Å². The third-order valence-corrected chi connectivity index (χ3v) is 6.64. The Kier molecular flexibility index (Phi) is 6.24. The van der Waals surface area contributed by atoms with E-state index in [4.69, 9.17) is 16.3 Å². The van der Waals surface area contributed by atoms with E-state index in [0.29, 0.717) is 12.5 Å². The maximum absolute atomic E-state index is 12.2. The fourth-order valence-electron chi connectivity index (χ4n) is 4.11. The minimum absolute atomic E-state index is 0.0636. The van der Waals surface area contributed by atoms with E-state index in [2.05, 4.69) is 26.9 Å². The second-order valence-corrected chi connectivity index (χ2v) is 8.93. The van der Waals surface area contributed by atoms with Crippen molar-refractivity contribution < 1.29 is 9.53 Å². The van der Waals surface area contributed by atoms with Crippen LogP contribution in [-0.2, 0) is 11.2 Å². The van der Waals surface area contributed by atoms with E-state index in [0.717, 1.165) is 54.1 Å². The Morgan fingerprint density at radius 3 is 2.61 bits per heavy atom. The van der Waals surface area contributed by atoms with Crippen molar-refractivity contribution in [1.29, 1.82) is 0 Å². The van der Waals surface area contributed by atoms with E-state index in [1.807, 2.05) is 42.5 Å². The van der Waals surface area contributed by atoms with Crippen LogP contribution in [0.15, 0.2) is 53.0 Å². The van der Waals surface area contributed by atoms with Crippen LogP contribution in [0, 0.1) is 5.92 Å². The average molecular weight is 464 g/mol. The quantitative estimate of drug-likeness (QED) is 0.596. The van der Waals surface area contributed by atoms with Gasteiger partial charge in [0.15, 0.2) is 0 Å². The number of rotatable bonds is 5. The van der Waals surface area contributed by atoms with Gasteiger partial charge in [-0.2, -0.15) is 0 Å². The Morgan fingerprint density at radius 1 is 1.11 bits per heavy atom. The number of anilines is 1. The number of benzene rings is 2. The van der Waals surface area contributed by atoms with Gasteiger partial charge in [-0.1, -0.05) is 45.7 Å². The van der Waals surface area contributed by atoms with Crippen LogP contribution in [0.1, 0.15) is 18.4 Å². The van der Waals surface area contributed by atoms with Gasteiger partial charge in [0.05, 0.1) is 6.54 Å². The Balaban J connectivity index is 1.27. The van der Waals surface area contributed by atoms with Crippen molar-refractivity contribution in [3.05, 3.63) is 63.6 Å². The Hall–Kier alpha value is -1.56. The fourth-order valence-corrected chi connectivity index (χ4v) is 4.71. The summed E-state index contributed by atoms with van der Waals surface area (Å²) in [7, 11) is 0. The van der Waals surface area contributed by atoms with Crippen LogP contribution in [0.25, 0.3) is 0 Å². The summed E-state index contributed by atoms with van der Waals surface area (Å²) >= 11 is 9.78. The summed E-state index contributed by atoms with van der Waals surface area (Å²) in [5, 5.41) is 0.793. The molecule has 2 fully saturated rings. The number of nitrogens with zero attached hydrogens (tertiary/aromatic N) is 2. The molecular weight excluding hydrogens is 440 g/mol. The van der Waals surface area contributed by atoms with E-state index >= 15 is 0 Å². The van der Waals surface area contributed by atoms with E-state index in [1.165, 1.54) is 5.56 Å². The predicted octanol–water partition coefficient (Wildman–Crippen LogP) is 5.38. The van der Waals surface area contributed by atoms with Crippen LogP contribution in [0.4, 0.5) is 10.5 Å². The summed E-state index contributed by atoms with van der Waals surface area (Å²) in [6, 6.07) is 15.7. The first-order valence-corrected chi connectivity index (χ1v) is 10.9. The number of halogens is 2. The highest BCUT2D eigenvalue weighted by Gasteiger charge is 2.34. The number of hydrogen-bond donors (Lipinski definition) is 0. The molecule has 2 saturated heterocycles. The maximum Gasteiger partial charge on any atom is 0.414 e. The molecule has 0 aliphatic carbocycles. The molecule has 1 unspecified atom stereocenters. The molecule has 0 saturated carbocycles. The number of para-hydroxylation sites is 1. The monoisotopic (exact) mass is 462 g/mol. The van der Waals surface area contributed by atoms with Crippen molar-refractivity contribution in [3.8, 4) is 0 Å².